The van der Waals surface area contributed by atoms with Gasteiger partial charge in [0.15, 0.2) is 18.9 Å². The Labute approximate surface area is 192 Å². The average molecular weight is 461 g/mol. The predicted octanol–water partition coefficient (Wildman–Crippen LogP) is 1.85. The molecule has 0 aliphatic heterocycles. The van der Waals surface area contributed by atoms with Crippen molar-refractivity contribution in [3.8, 4) is 5.75 Å². The Hall–Kier alpha value is -3.56. The number of benzene rings is 1. The number of H-pyrrole nitrogens is 1. The number of nitrogen functional groups attached to an aromatic ring is 1. The third-order valence-corrected chi connectivity index (χ3v) is 5.02. The zero-order valence-electron chi connectivity index (χ0n) is 19.4. The standard InChI is InChI=1S/C23H32N4O6/c1-4-7-13-26(20-21(24)27(12-5-2)23(31)25-22(20)30)18(28)14-33-19(29)15-32-17-11-9-8-10-16(17)6-3/h8-11H,4-7,12-15,24H2,1-3H3,(H,25,30,31). The van der Waals surface area contributed by atoms with Crippen molar-refractivity contribution >= 4 is 23.4 Å². The van der Waals surface area contributed by atoms with Gasteiger partial charge in [-0.25, -0.2) is 9.59 Å². The van der Waals surface area contributed by atoms with Crippen LogP contribution in [0, 0.1) is 0 Å². The molecule has 10 nitrogen and oxygen atoms in total. The van der Waals surface area contributed by atoms with E-state index in [1.165, 1.54) is 9.47 Å². The molecule has 2 rings (SSSR count). The molecule has 0 atom stereocenters. The number of esters is 1. The minimum atomic E-state index is -0.764. The Morgan fingerprint density at radius 3 is 2.48 bits per heavy atom. The zero-order chi connectivity index (χ0) is 24.4. The number of nitrogens with one attached hydrogen (secondary N) is 1. The van der Waals surface area contributed by atoms with Crippen molar-refractivity contribution in [2.45, 2.75) is 53.0 Å². The first-order valence-corrected chi connectivity index (χ1v) is 11.1. The van der Waals surface area contributed by atoms with Crippen LogP contribution in [-0.2, 0) is 27.3 Å². The number of aromatic amines is 1. The number of para-hydroxylation sites is 1. The first kappa shape index (κ1) is 25.7. The van der Waals surface area contributed by atoms with Crippen LogP contribution in [0.15, 0.2) is 33.9 Å². The van der Waals surface area contributed by atoms with Gasteiger partial charge in [0.05, 0.1) is 0 Å². The van der Waals surface area contributed by atoms with E-state index in [1.807, 2.05) is 32.9 Å². The number of amides is 1. The Bertz CT molecular complexity index is 1080. The van der Waals surface area contributed by atoms with Crippen molar-refractivity contribution in [2.75, 3.05) is 30.4 Å². The van der Waals surface area contributed by atoms with E-state index in [2.05, 4.69) is 4.98 Å². The molecule has 0 fully saturated rings. The van der Waals surface area contributed by atoms with Gasteiger partial charge >= 0.3 is 11.7 Å². The number of carbonyl (C=O) groups excluding carboxylic acids is 2. The van der Waals surface area contributed by atoms with Crippen LogP contribution in [0.25, 0.3) is 0 Å². The summed E-state index contributed by atoms with van der Waals surface area (Å²) in [5.41, 5.74) is 5.53. The van der Waals surface area contributed by atoms with Gasteiger partial charge in [0.2, 0.25) is 0 Å². The maximum Gasteiger partial charge on any atom is 0.344 e. The van der Waals surface area contributed by atoms with Gasteiger partial charge in [-0.15, -0.1) is 0 Å². The SMILES string of the molecule is CCCCN(C(=O)COC(=O)COc1ccccc1CC)c1c(N)n(CCC)c(=O)[nH]c1=O. The normalized spacial score (nSPS) is 10.6. The number of ether oxygens (including phenoxy) is 2. The highest BCUT2D eigenvalue weighted by Gasteiger charge is 2.24. The Kier molecular flexibility index (Phi) is 9.71. The van der Waals surface area contributed by atoms with Crippen LogP contribution in [0.1, 0.15) is 45.6 Å². The number of unbranched alkanes of at least 4 members (excludes halogenated alkanes) is 1. The number of aromatic nitrogens is 2. The molecule has 0 saturated carbocycles. The number of hydrogen-bond donors (Lipinski definition) is 2. The number of nitrogens with zero attached hydrogens (tertiary/aromatic N) is 2. The van der Waals surface area contributed by atoms with Crippen molar-refractivity contribution in [3.63, 3.8) is 0 Å². The summed E-state index contributed by atoms with van der Waals surface area (Å²) >= 11 is 0. The zero-order valence-corrected chi connectivity index (χ0v) is 19.4. The van der Waals surface area contributed by atoms with Crippen LogP contribution in [-0.4, -0.2) is 41.2 Å². The molecular weight excluding hydrogens is 428 g/mol. The molecule has 0 bridgehead atoms. The highest BCUT2D eigenvalue weighted by atomic mass is 16.6. The lowest BCUT2D eigenvalue weighted by atomic mass is 10.1. The molecule has 0 spiro atoms. The van der Waals surface area contributed by atoms with Gasteiger partial charge in [-0.3, -0.25) is 19.1 Å². The smallest absolute Gasteiger partial charge is 0.344 e. The van der Waals surface area contributed by atoms with Crippen LogP contribution < -0.4 is 26.6 Å². The Morgan fingerprint density at radius 2 is 1.82 bits per heavy atom. The number of carbonyl (C=O) groups is 2. The summed E-state index contributed by atoms with van der Waals surface area (Å²) in [4.78, 5) is 53.0. The van der Waals surface area contributed by atoms with Gasteiger partial charge in [-0.1, -0.05) is 45.4 Å². The number of rotatable bonds is 12. The highest BCUT2D eigenvalue weighted by Crippen LogP contribution is 2.19. The number of anilines is 2. The van der Waals surface area contributed by atoms with Crippen molar-refractivity contribution in [3.05, 3.63) is 50.7 Å². The molecule has 0 saturated heterocycles. The lowest BCUT2D eigenvalue weighted by molar-refractivity contribution is -0.149. The van der Waals surface area contributed by atoms with Crippen molar-refractivity contribution < 1.29 is 19.1 Å². The van der Waals surface area contributed by atoms with Gasteiger partial charge in [0, 0.05) is 13.1 Å². The first-order chi connectivity index (χ1) is 15.8. The van der Waals surface area contributed by atoms with Crippen molar-refractivity contribution in [1.29, 1.82) is 0 Å². The van der Waals surface area contributed by atoms with Crippen molar-refractivity contribution in [1.82, 2.24) is 9.55 Å². The maximum absolute atomic E-state index is 12.9. The monoisotopic (exact) mass is 460 g/mol. The minimum Gasteiger partial charge on any atom is -0.482 e. The van der Waals surface area contributed by atoms with E-state index in [0.29, 0.717) is 18.6 Å². The molecular formula is C23H32N4O6. The van der Waals surface area contributed by atoms with E-state index in [1.54, 1.807) is 12.1 Å². The van der Waals surface area contributed by atoms with Crippen LogP contribution >= 0.6 is 0 Å². The van der Waals surface area contributed by atoms with E-state index in [-0.39, 0.29) is 31.2 Å². The van der Waals surface area contributed by atoms with Crippen LogP contribution in [0.4, 0.5) is 11.5 Å². The summed E-state index contributed by atoms with van der Waals surface area (Å²) in [6.07, 6.45) is 2.69. The van der Waals surface area contributed by atoms with E-state index in [9.17, 15) is 19.2 Å². The fraction of sp³-hybridized carbons (Fsp3) is 0.478. The van der Waals surface area contributed by atoms with Crippen molar-refractivity contribution in [2.24, 2.45) is 0 Å². The number of aryl methyl sites for hydroxylation is 1. The lowest BCUT2D eigenvalue weighted by Gasteiger charge is -2.24. The summed E-state index contributed by atoms with van der Waals surface area (Å²) in [7, 11) is 0. The summed E-state index contributed by atoms with van der Waals surface area (Å²) in [5, 5.41) is 0. The lowest BCUT2D eigenvalue weighted by Crippen LogP contribution is -2.43. The summed E-state index contributed by atoms with van der Waals surface area (Å²) < 4.78 is 11.8. The summed E-state index contributed by atoms with van der Waals surface area (Å²) in [5.74, 6) is -0.863. The first-order valence-electron chi connectivity index (χ1n) is 11.1. The third-order valence-electron chi connectivity index (χ3n) is 5.02. The molecule has 1 heterocycles. The maximum atomic E-state index is 12.9. The summed E-state index contributed by atoms with van der Waals surface area (Å²) in [6, 6.07) is 7.33. The van der Waals surface area contributed by atoms with Gasteiger partial charge in [-0.2, -0.15) is 0 Å². The molecule has 2 aromatic rings. The third kappa shape index (κ3) is 6.71. The molecule has 10 heteroatoms. The number of nitrogens with two attached hydrogens (primary N) is 1. The molecule has 3 N–H and O–H groups in total. The van der Waals surface area contributed by atoms with E-state index in [4.69, 9.17) is 15.2 Å². The van der Waals surface area contributed by atoms with E-state index < -0.39 is 29.7 Å². The largest absolute Gasteiger partial charge is 0.482 e. The second kappa shape index (κ2) is 12.5. The van der Waals surface area contributed by atoms with Crippen LogP contribution in [0.3, 0.4) is 0 Å². The van der Waals surface area contributed by atoms with Gasteiger partial charge < -0.3 is 20.1 Å². The fourth-order valence-electron chi connectivity index (χ4n) is 3.30. The molecule has 1 aromatic carbocycles. The second-order valence-corrected chi connectivity index (χ2v) is 7.45. The molecule has 33 heavy (non-hydrogen) atoms. The Morgan fingerprint density at radius 1 is 1.09 bits per heavy atom. The quantitative estimate of drug-likeness (QED) is 0.461. The topological polar surface area (TPSA) is 137 Å². The van der Waals surface area contributed by atoms with Gasteiger partial charge in [0.1, 0.15) is 11.6 Å². The van der Waals surface area contributed by atoms with E-state index >= 15 is 0 Å². The van der Waals surface area contributed by atoms with E-state index in [0.717, 1.165) is 18.4 Å². The average Bonchev–Trinajstić information content (AvgIpc) is 2.80. The minimum absolute atomic E-state index is 0.0964. The molecule has 0 aliphatic rings. The fourth-order valence-corrected chi connectivity index (χ4v) is 3.30. The van der Waals surface area contributed by atoms with Gasteiger partial charge in [0.25, 0.3) is 11.5 Å². The predicted molar refractivity (Wildman–Crippen MR) is 126 cm³/mol. The molecule has 1 aromatic heterocycles. The van der Waals surface area contributed by atoms with Crippen LogP contribution in [0.2, 0.25) is 0 Å². The van der Waals surface area contributed by atoms with Gasteiger partial charge in [-0.05, 0) is 30.9 Å². The summed E-state index contributed by atoms with van der Waals surface area (Å²) in [6.45, 7) is 5.29. The molecule has 0 aliphatic carbocycles. The highest BCUT2D eigenvalue weighted by molar-refractivity contribution is 5.97. The number of hydrogen-bond acceptors (Lipinski definition) is 7. The molecule has 180 valence electrons. The molecule has 0 unspecified atom stereocenters. The van der Waals surface area contributed by atoms with Crippen LogP contribution in [0.5, 0.6) is 5.75 Å². The molecule has 0 radical (unpaired) electrons. The second-order valence-electron chi connectivity index (χ2n) is 7.45. The Balaban J connectivity index is 2.13. The molecule has 1 amide bonds.